The first kappa shape index (κ1) is 15.2. The van der Waals surface area contributed by atoms with Gasteiger partial charge in [-0.15, -0.1) is 0 Å². The molecule has 4 aromatic carbocycles. The highest BCUT2D eigenvalue weighted by atomic mass is 16.1. The largest absolute Gasteiger partial charge is 0.375 e. The summed E-state index contributed by atoms with van der Waals surface area (Å²) in [5.74, 6) is 0.265. The lowest BCUT2D eigenvalue weighted by Crippen LogP contribution is -2.37. The van der Waals surface area contributed by atoms with E-state index in [1.165, 1.54) is 27.1 Å². The summed E-state index contributed by atoms with van der Waals surface area (Å²) in [4.78, 5) is 12.7. The van der Waals surface area contributed by atoms with Crippen LogP contribution in [0, 0.1) is 0 Å². The molecule has 0 spiro atoms. The van der Waals surface area contributed by atoms with E-state index in [0.29, 0.717) is 12.8 Å². The summed E-state index contributed by atoms with van der Waals surface area (Å²) in [6.45, 7) is 0. The number of anilines is 1. The Labute approximate surface area is 152 Å². The maximum atomic E-state index is 12.7. The molecule has 1 aliphatic heterocycles. The van der Waals surface area contributed by atoms with E-state index in [-0.39, 0.29) is 11.8 Å². The summed E-state index contributed by atoms with van der Waals surface area (Å²) < 4.78 is 0. The van der Waals surface area contributed by atoms with E-state index in [2.05, 4.69) is 66.0 Å². The second kappa shape index (κ2) is 5.99. The molecular formula is C24H19NO. The highest BCUT2D eigenvalue weighted by molar-refractivity contribution is 6.09. The maximum Gasteiger partial charge on any atom is 0.159 e. The van der Waals surface area contributed by atoms with E-state index >= 15 is 0 Å². The third-order valence-electron chi connectivity index (χ3n) is 5.38. The van der Waals surface area contributed by atoms with Crippen LogP contribution in [0.3, 0.4) is 0 Å². The molecule has 0 saturated heterocycles. The Kier molecular flexibility index (Phi) is 3.49. The molecular weight excluding hydrogens is 318 g/mol. The molecule has 1 atom stereocenters. The van der Waals surface area contributed by atoms with Crippen molar-refractivity contribution in [2.75, 3.05) is 5.32 Å². The Morgan fingerprint density at radius 2 is 1.50 bits per heavy atom. The monoisotopic (exact) mass is 337 g/mol. The molecule has 5 rings (SSSR count). The number of para-hydroxylation sites is 1. The maximum absolute atomic E-state index is 12.7. The summed E-state index contributed by atoms with van der Waals surface area (Å²) in [7, 11) is 0. The molecule has 0 amide bonds. The zero-order valence-corrected chi connectivity index (χ0v) is 14.4. The molecule has 1 aliphatic rings. The Morgan fingerprint density at radius 1 is 0.808 bits per heavy atom. The van der Waals surface area contributed by atoms with Crippen LogP contribution in [0.5, 0.6) is 0 Å². The van der Waals surface area contributed by atoms with E-state index in [0.717, 1.165) is 11.3 Å². The number of carbonyl (C=O) groups excluding carboxylic acids is 1. The summed E-state index contributed by atoms with van der Waals surface area (Å²) >= 11 is 0. The summed E-state index contributed by atoms with van der Waals surface area (Å²) in [5, 5.41) is 8.44. The normalized spacial score (nSPS) is 16.5. The number of fused-ring (bicyclic) bond motifs is 4. The third-order valence-corrected chi connectivity index (χ3v) is 5.38. The molecule has 0 fully saturated rings. The van der Waals surface area contributed by atoms with Crippen LogP contribution in [0.2, 0.25) is 0 Å². The van der Waals surface area contributed by atoms with Crippen LogP contribution in [0.25, 0.3) is 21.5 Å². The molecule has 0 saturated carbocycles. The number of ketones is 1. The van der Waals surface area contributed by atoms with Crippen molar-refractivity contribution in [3.8, 4) is 0 Å². The van der Waals surface area contributed by atoms with E-state index in [1.54, 1.807) is 0 Å². The van der Waals surface area contributed by atoms with Gasteiger partial charge in [-0.1, -0.05) is 72.8 Å². The average molecular weight is 337 g/mol. The molecule has 126 valence electrons. The summed E-state index contributed by atoms with van der Waals surface area (Å²) in [5.41, 5.74) is 3.41. The van der Waals surface area contributed by atoms with Gasteiger partial charge in [-0.3, -0.25) is 4.79 Å². The number of rotatable bonds is 2. The fourth-order valence-corrected chi connectivity index (χ4v) is 4.08. The minimum atomic E-state index is -0.172. The van der Waals surface area contributed by atoms with E-state index in [1.807, 2.05) is 18.2 Å². The zero-order chi connectivity index (χ0) is 17.5. The number of Topliss-reactive ketones (excluding diaryl/α,β-unsaturated/α-hetero) is 1. The first-order chi connectivity index (χ1) is 12.8. The zero-order valence-electron chi connectivity index (χ0n) is 14.4. The number of hydrogen-bond donors (Lipinski definition) is 1. The highest BCUT2D eigenvalue weighted by Crippen LogP contribution is 2.31. The average Bonchev–Trinajstić information content (AvgIpc) is 2.69. The van der Waals surface area contributed by atoms with Gasteiger partial charge in [-0.2, -0.15) is 0 Å². The Bertz CT molecular complexity index is 1150. The lowest BCUT2D eigenvalue weighted by molar-refractivity contribution is -0.119. The van der Waals surface area contributed by atoms with Crippen molar-refractivity contribution >= 4 is 33.0 Å². The van der Waals surface area contributed by atoms with Gasteiger partial charge in [-0.05, 0) is 38.7 Å². The van der Waals surface area contributed by atoms with Crippen molar-refractivity contribution in [1.29, 1.82) is 0 Å². The van der Waals surface area contributed by atoms with Crippen LogP contribution in [-0.4, -0.2) is 11.8 Å². The van der Waals surface area contributed by atoms with Crippen LogP contribution >= 0.6 is 0 Å². The molecule has 2 heteroatoms. The highest BCUT2D eigenvalue weighted by Gasteiger charge is 2.26. The summed E-state index contributed by atoms with van der Waals surface area (Å²) in [6, 6.07) is 27.1. The lowest BCUT2D eigenvalue weighted by Gasteiger charge is -2.26. The van der Waals surface area contributed by atoms with Crippen molar-refractivity contribution < 1.29 is 4.79 Å². The van der Waals surface area contributed by atoms with Gasteiger partial charge in [0.1, 0.15) is 0 Å². The smallest absolute Gasteiger partial charge is 0.159 e. The Morgan fingerprint density at radius 3 is 2.38 bits per heavy atom. The second-order valence-corrected chi connectivity index (χ2v) is 7.00. The molecule has 0 aliphatic carbocycles. The Balaban J connectivity index is 1.60. The molecule has 0 aromatic heterocycles. The van der Waals surface area contributed by atoms with Crippen LogP contribution in [-0.2, 0) is 17.6 Å². The standard InChI is InChI=1S/C24H19NO/c26-24-15-17-8-2-6-12-22(17)25-23(24)14-18-13-16-7-1-3-9-19(16)21-11-5-4-10-20(18)21/h1-13,23,25H,14-15H2/t23-/m0/s1. The van der Waals surface area contributed by atoms with Crippen LogP contribution in [0.1, 0.15) is 11.1 Å². The molecule has 0 bridgehead atoms. The van der Waals surface area contributed by atoms with E-state index < -0.39 is 0 Å². The fraction of sp³-hybridized carbons (Fsp3) is 0.125. The molecule has 4 aromatic rings. The first-order valence-corrected chi connectivity index (χ1v) is 9.06. The molecule has 0 unspecified atom stereocenters. The fourth-order valence-electron chi connectivity index (χ4n) is 4.08. The molecule has 2 nitrogen and oxygen atoms in total. The van der Waals surface area contributed by atoms with Gasteiger partial charge in [0.2, 0.25) is 0 Å². The van der Waals surface area contributed by atoms with Crippen LogP contribution in [0.15, 0.2) is 78.9 Å². The van der Waals surface area contributed by atoms with E-state index in [9.17, 15) is 4.79 Å². The van der Waals surface area contributed by atoms with Crippen LogP contribution < -0.4 is 5.32 Å². The molecule has 26 heavy (non-hydrogen) atoms. The quantitative estimate of drug-likeness (QED) is 0.513. The SMILES string of the molecule is O=C1Cc2ccccc2N[C@H]1Cc1cc2ccccc2c2ccccc12. The van der Waals surface area contributed by atoms with Crippen molar-refractivity contribution in [2.24, 2.45) is 0 Å². The van der Waals surface area contributed by atoms with Crippen molar-refractivity contribution in [2.45, 2.75) is 18.9 Å². The van der Waals surface area contributed by atoms with Crippen molar-refractivity contribution in [3.63, 3.8) is 0 Å². The number of hydrogen-bond acceptors (Lipinski definition) is 2. The van der Waals surface area contributed by atoms with Gasteiger partial charge in [0.15, 0.2) is 5.78 Å². The minimum absolute atomic E-state index is 0.172. The number of benzene rings is 4. The second-order valence-electron chi connectivity index (χ2n) is 7.00. The van der Waals surface area contributed by atoms with Gasteiger partial charge in [0.05, 0.1) is 6.04 Å². The van der Waals surface area contributed by atoms with Gasteiger partial charge in [0, 0.05) is 18.5 Å². The van der Waals surface area contributed by atoms with Crippen LogP contribution in [0.4, 0.5) is 5.69 Å². The van der Waals surface area contributed by atoms with Gasteiger partial charge < -0.3 is 5.32 Å². The molecule has 1 N–H and O–H groups in total. The predicted molar refractivity (Wildman–Crippen MR) is 108 cm³/mol. The molecule has 0 radical (unpaired) electrons. The van der Waals surface area contributed by atoms with Gasteiger partial charge in [0.25, 0.3) is 0 Å². The summed E-state index contributed by atoms with van der Waals surface area (Å²) in [6.07, 6.45) is 1.22. The topological polar surface area (TPSA) is 29.1 Å². The predicted octanol–water partition coefficient (Wildman–Crippen LogP) is 5.14. The lowest BCUT2D eigenvalue weighted by atomic mass is 9.89. The third kappa shape index (κ3) is 2.46. The molecule has 1 heterocycles. The minimum Gasteiger partial charge on any atom is -0.375 e. The number of carbonyl (C=O) groups is 1. The first-order valence-electron chi connectivity index (χ1n) is 9.06. The van der Waals surface area contributed by atoms with Crippen molar-refractivity contribution in [1.82, 2.24) is 0 Å². The number of nitrogens with one attached hydrogen (secondary N) is 1. The van der Waals surface area contributed by atoms with Gasteiger partial charge >= 0.3 is 0 Å². The Hall–Kier alpha value is -3.13. The van der Waals surface area contributed by atoms with Crippen molar-refractivity contribution in [3.05, 3.63) is 90.0 Å². The van der Waals surface area contributed by atoms with E-state index in [4.69, 9.17) is 0 Å². The van der Waals surface area contributed by atoms with Gasteiger partial charge in [-0.25, -0.2) is 0 Å².